The zero-order valence-corrected chi connectivity index (χ0v) is 19.1. The molecule has 0 fully saturated rings. The van der Waals surface area contributed by atoms with Crippen molar-refractivity contribution in [2.24, 2.45) is 0 Å². The van der Waals surface area contributed by atoms with Gasteiger partial charge < -0.3 is 10.1 Å². The summed E-state index contributed by atoms with van der Waals surface area (Å²) in [5.74, 6) is -2.32. The fourth-order valence-corrected chi connectivity index (χ4v) is 3.51. The predicted octanol–water partition coefficient (Wildman–Crippen LogP) is 5.33. The number of benzene rings is 2. The summed E-state index contributed by atoms with van der Waals surface area (Å²) >= 11 is 0. The molecule has 0 saturated heterocycles. The fourth-order valence-electron chi connectivity index (χ4n) is 3.51. The van der Waals surface area contributed by atoms with E-state index in [1.807, 2.05) is 0 Å². The summed E-state index contributed by atoms with van der Waals surface area (Å²) in [7, 11) is 0. The number of anilines is 1. The molecule has 0 spiro atoms. The Kier molecular flexibility index (Phi) is 6.77. The second kappa shape index (κ2) is 9.80. The molecule has 0 aliphatic carbocycles. The molecule has 2 aromatic heterocycles. The van der Waals surface area contributed by atoms with E-state index < -0.39 is 29.3 Å². The number of carbonyl (C=O) groups excluding carboxylic acids is 1. The highest BCUT2D eigenvalue weighted by atomic mass is 19.4. The van der Waals surface area contributed by atoms with Gasteiger partial charge in [-0.3, -0.25) is 9.48 Å². The molecule has 0 unspecified atom stereocenters. The molecule has 0 bridgehead atoms. The Morgan fingerprint density at radius 1 is 1.06 bits per heavy atom. The minimum Gasteiger partial charge on any atom is -0.468 e. The van der Waals surface area contributed by atoms with Crippen LogP contribution in [0.15, 0.2) is 54.7 Å². The van der Waals surface area contributed by atoms with Crippen molar-refractivity contribution in [2.75, 3.05) is 5.32 Å². The number of nitrogens with zero attached hydrogens (tertiary/aromatic N) is 4. The summed E-state index contributed by atoms with van der Waals surface area (Å²) in [6, 6.07) is 9.26. The number of amides is 1. The van der Waals surface area contributed by atoms with Gasteiger partial charge in [0.1, 0.15) is 5.82 Å². The van der Waals surface area contributed by atoms with E-state index in [0.29, 0.717) is 28.7 Å². The van der Waals surface area contributed by atoms with E-state index in [0.717, 1.165) is 24.3 Å². The number of aryl methyl sites for hydroxylation is 1. The van der Waals surface area contributed by atoms with Crippen LogP contribution in [0.2, 0.25) is 0 Å². The lowest BCUT2D eigenvalue weighted by atomic mass is 10.1. The maximum absolute atomic E-state index is 13.7. The highest BCUT2D eigenvalue weighted by Gasteiger charge is 2.30. The zero-order valence-electron chi connectivity index (χ0n) is 19.1. The first kappa shape index (κ1) is 24.9. The molecule has 4 rings (SSSR count). The number of alkyl halides is 3. The van der Waals surface area contributed by atoms with Crippen molar-refractivity contribution in [1.82, 2.24) is 19.6 Å². The minimum atomic E-state index is -4.45. The van der Waals surface area contributed by atoms with Gasteiger partial charge in [0.15, 0.2) is 24.0 Å². The molecule has 188 valence electrons. The van der Waals surface area contributed by atoms with Crippen LogP contribution < -0.4 is 10.1 Å². The first-order chi connectivity index (χ1) is 17.0. The topological polar surface area (TPSA) is 74.0 Å². The van der Waals surface area contributed by atoms with Gasteiger partial charge in [0, 0.05) is 12.3 Å². The van der Waals surface area contributed by atoms with Crippen molar-refractivity contribution >= 4 is 11.6 Å². The van der Waals surface area contributed by atoms with E-state index in [-0.39, 0.29) is 24.7 Å². The fraction of sp³-hybridized carbons (Fsp3) is 0.208. The Bertz CT molecular complexity index is 1410. The third-order valence-electron chi connectivity index (χ3n) is 5.33. The molecular weight excluding hydrogens is 485 g/mol. The van der Waals surface area contributed by atoms with E-state index in [9.17, 15) is 26.7 Å². The maximum Gasteiger partial charge on any atom is 0.416 e. The number of hydrogen-bond acceptors (Lipinski definition) is 4. The second-order valence-corrected chi connectivity index (χ2v) is 7.94. The van der Waals surface area contributed by atoms with Crippen molar-refractivity contribution in [3.05, 3.63) is 94.6 Å². The van der Waals surface area contributed by atoms with Gasteiger partial charge in [-0.25, -0.2) is 13.5 Å². The summed E-state index contributed by atoms with van der Waals surface area (Å²) in [5, 5.41) is 11.1. The van der Waals surface area contributed by atoms with E-state index in [1.165, 1.54) is 27.7 Å². The lowest BCUT2D eigenvalue weighted by Gasteiger charge is -2.10. The molecule has 0 saturated carbocycles. The third-order valence-corrected chi connectivity index (χ3v) is 5.33. The molecule has 12 heteroatoms. The Balaban J connectivity index is 1.43. The molecule has 2 heterocycles. The van der Waals surface area contributed by atoms with Crippen LogP contribution >= 0.6 is 0 Å². The van der Waals surface area contributed by atoms with Crippen LogP contribution in [0.1, 0.15) is 33.0 Å². The Labute approximate surface area is 202 Å². The molecule has 4 aromatic rings. The van der Waals surface area contributed by atoms with Crippen molar-refractivity contribution in [3.8, 4) is 5.75 Å². The Morgan fingerprint density at radius 3 is 2.56 bits per heavy atom. The monoisotopic (exact) mass is 505 g/mol. The number of halogens is 5. The molecule has 0 aliphatic heterocycles. The third kappa shape index (κ3) is 5.53. The molecule has 1 amide bonds. The van der Waals surface area contributed by atoms with Gasteiger partial charge in [-0.05, 0) is 49.7 Å². The molecule has 36 heavy (non-hydrogen) atoms. The Morgan fingerprint density at radius 2 is 1.83 bits per heavy atom. The predicted molar refractivity (Wildman–Crippen MR) is 119 cm³/mol. The zero-order chi connectivity index (χ0) is 26.0. The molecular formula is C24H20F5N5O2. The van der Waals surface area contributed by atoms with Crippen LogP contribution in [-0.2, 0) is 19.5 Å². The summed E-state index contributed by atoms with van der Waals surface area (Å²) in [6.07, 6.45) is -3.00. The number of ether oxygens (including phenoxy) is 1. The largest absolute Gasteiger partial charge is 0.468 e. The number of carbonyl (C=O) groups is 1. The van der Waals surface area contributed by atoms with Gasteiger partial charge in [-0.2, -0.15) is 23.4 Å². The van der Waals surface area contributed by atoms with Crippen LogP contribution in [0.4, 0.5) is 27.6 Å². The van der Waals surface area contributed by atoms with Gasteiger partial charge in [0.25, 0.3) is 5.91 Å². The summed E-state index contributed by atoms with van der Waals surface area (Å²) in [4.78, 5) is 12.7. The van der Waals surface area contributed by atoms with Crippen LogP contribution in [0.25, 0.3) is 0 Å². The van der Waals surface area contributed by atoms with Gasteiger partial charge in [0.05, 0.1) is 29.2 Å². The van der Waals surface area contributed by atoms with Crippen LogP contribution in [0.3, 0.4) is 0 Å². The van der Waals surface area contributed by atoms with Crippen molar-refractivity contribution in [1.29, 1.82) is 0 Å². The van der Waals surface area contributed by atoms with Crippen LogP contribution in [-0.4, -0.2) is 25.5 Å². The van der Waals surface area contributed by atoms with Gasteiger partial charge in [-0.1, -0.05) is 12.1 Å². The van der Waals surface area contributed by atoms with E-state index >= 15 is 0 Å². The van der Waals surface area contributed by atoms with Crippen molar-refractivity contribution in [2.45, 2.75) is 33.3 Å². The number of hydrogen-bond donors (Lipinski definition) is 1. The lowest BCUT2D eigenvalue weighted by Crippen LogP contribution is -2.15. The average Bonchev–Trinajstić information content (AvgIpc) is 3.39. The SMILES string of the molecule is Cc1nn(Cc2cccc(C(F)(F)F)c2)c(C)c1NC(=O)c1ccn(COc2ccc(F)cc2F)n1. The first-order valence-corrected chi connectivity index (χ1v) is 10.6. The van der Waals surface area contributed by atoms with E-state index in [2.05, 4.69) is 15.5 Å². The molecule has 7 nitrogen and oxygen atoms in total. The number of aromatic nitrogens is 4. The highest BCUT2D eigenvalue weighted by molar-refractivity contribution is 6.03. The lowest BCUT2D eigenvalue weighted by molar-refractivity contribution is -0.137. The molecule has 0 radical (unpaired) electrons. The van der Waals surface area contributed by atoms with Crippen molar-refractivity contribution < 1.29 is 31.5 Å². The van der Waals surface area contributed by atoms with Gasteiger partial charge >= 0.3 is 6.18 Å². The van der Waals surface area contributed by atoms with Crippen molar-refractivity contribution in [3.63, 3.8) is 0 Å². The van der Waals surface area contributed by atoms with Crippen LogP contribution in [0, 0.1) is 25.5 Å². The second-order valence-electron chi connectivity index (χ2n) is 7.94. The number of rotatable bonds is 7. The molecule has 0 aliphatic rings. The van der Waals surface area contributed by atoms with E-state index in [4.69, 9.17) is 4.74 Å². The molecule has 0 atom stereocenters. The van der Waals surface area contributed by atoms with Crippen LogP contribution in [0.5, 0.6) is 5.75 Å². The first-order valence-electron chi connectivity index (χ1n) is 10.6. The molecule has 2 aromatic carbocycles. The molecule has 1 N–H and O–H groups in total. The normalized spacial score (nSPS) is 11.5. The van der Waals surface area contributed by atoms with E-state index in [1.54, 1.807) is 19.9 Å². The smallest absolute Gasteiger partial charge is 0.416 e. The highest BCUT2D eigenvalue weighted by Crippen LogP contribution is 2.30. The minimum absolute atomic E-state index is 0.0441. The van der Waals surface area contributed by atoms with Gasteiger partial charge in [-0.15, -0.1) is 0 Å². The number of nitrogens with one attached hydrogen (secondary N) is 1. The Hall–Kier alpha value is -4.22. The summed E-state index contributed by atoms with van der Waals surface area (Å²) < 4.78 is 73.8. The summed E-state index contributed by atoms with van der Waals surface area (Å²) in [6.45, 7) is 3.21. The standard InChI is InChI=1S/C24H20F5N5O2/c1-14-22(15(2)34(31-14)12-16-4-3-5-17(10-16)24(27,28)29)30-23(35)20-8-9-33(32-20)13-36-21-7-6-18(25)11-19(21)26/h3-11H,12-13H2,1-2H3,(H,30,35). The quantitative estimate of drug-likeness (QED) is 0.345. The summed E-state index contributed by atoms with van der Waals surface area (Å²) in [5.41, 5.74) is 1.13. The van der Waals surface area contributed by atoms with Gasteiger partial charge in [0.2, 0.25) is 0 Å². The average molecular weight is 505 g/mol. The maximum atomic E-state index is 13.7.